The molecule has 2 aliphatic heterocycles. The minimum Gasteiger partial charge on any atom is -0.454 e. The largest absolute Gasteiger partial charge is 0.454 e. The highest BCUT2D eigenvalue weighted by molar-refractivity contribution is 7.17. The number of hydrogen-bond acceptors (Lipinski definition) is 8. The molecule has 8 nitrogen and oxygen atoms in total. The van der Waals surface area contributed by atoms with Crippen LogP contribution in [0.5, 0.6) is 11.5 Å². The van der Waals surface area contributed by atoms with E-state index >= 15 is 0 Å². The molecule has 0 saturated heterocycles. The molecule has 0 aliphatic carbocycles. The van der Waals surface area contributed by atoms with E-state index in [4.69, 9.17) is 18.7 Å². The van der Waals surface area contributed by atoms with Gasteiger partial charge in [0.15, 0.2) is 17.3 Å². The van der Waals surface area contributed by atoms with Crippen LogP contribution in [0.1, 0.15) is 26.6 Å². The second-order valence-electron chi connectivity index (χ2n) is 6.18. The third kappa shape index (κ3) is 2.84. The van der Waals surface area contributed by atoms with E-state index in [9.17, 15) is 4.79 Å². The highest BCUT2D eigenvalue weighted by Gasteiger charge is 2.27. The van der Waals surface area contributed by atoms with Gasteiger partial charge in [0, 0.05) is 10.4 Å². The summed E-state index contributed by atoms with van der Waals surface area (Å²) < 4.78 is 21.6. The van der Waals surface area contributed by atoms with Crippen molar-refractivity contribution in [1.82, 2.24) is 10.1 Å². The van der Waals surface area contributed by atoms with Gasteiger partial charge in [-0.15, -0.1) is 11.3 Å². The lowest BCUT2D eigenvalue weighted by Gasteiger charge is -2.12. The number of carbonyl (C=O) groups is 1. The van der Waals surface area contributed by atoms with E-state index in [0.717, 1.165) is 22.4 Å². The second kappa shape index (κ2) is 6.36. The van der Waals surface area contributed by atoms with Crippen molar-refractivity contribution in [1.29, 1.82) is 0 Å². The molecule has 2 aromatic heterocycles. The van der Waals surface area contributed by atoms with Gasteiger partial charge < -0.3 is 24.1 Å². The Morgan fingerprint density at radius 2 is 2.15 bits per heavy atom. The first-order chi connectivity index (χ1) is 13.2. The molecule has 4 heterocycles. The maximum absolute atomic E-state index is 12.8. The number of benzene rings is 1. The summed E-state index contributed by atoms with van der Waals surface area (Å²) in [6.07, 6.45) is 0.739. The number of thiophene rings is 1. The molecule has 3 aromatic rings. The molecule has 0 unspecified atom stereocenters. The number of ether oxygens (including phenoxy) is 3. The van der Waals surface area contributed by atoms with E-state index in [1.54, 1.807) is 25.1 Å². The molecule has 2 aliphatic rings. The third-order valence-corrected chi connectivity index (χ3v) is 5.54. The number of carbonyl (C=O) groups excluding carboxylic acids is 1. The van der Waals surface area contributed by atoms with Crippen molar-refractivity contribution in [3.05, 3.63) is 40.0 Å². The Hall–Kier alpha value is -2.91. The van der Waals surface area contributed by atoms with E-state index in [-0.39, 0.29) is 12.7 Å². The highest BCUT2D eigenvalue weighted by Crippen LogP contribution is 2.43. The first-order valence-corrected chi connectivity index (χ1v) is 9.24. The fourth-order valence-electron chi connectivity index (χ4n) is 3.16. The number of anilines is 1. The molecule has 0 fully saturated rings. The standard InChI is InChI=1S/C18H15N3O5S/c1-9-19-17(26-21-9)15-11-4-5-23-7-14(11)27-18(15)20-16(22)10-2-3-12-13(6-10)25-8-24-12/h2-3,6H,4-5,7-8H2,1H3,(H,20,22). The van der Waals surface area contributed by atoms with Crippen molar-refractivity contribution in [3.63, 3.8) is 0 Å². The summed E-state index contributed by atoms with van der Waals surface area (Å²) in [5.41, 5.74) is 2.36. The zero-order chi connectivity index (χ0) is 18.4. The number of hydrogen-bond donors (Lipinski definition) is 1. The van der Waals surface area contributed by atoms with Gasteiger partial charge in [0.1, 0.15) is 5.00 Å². The molecule has 138 valence electrons. The monoisotopic (exact) mass is 385 g/mol. The van der Waals surface area contributed by atoms with Crippen LogP contribution in [0, 0.1) is 6.92 Å². The molecule has 0 radical (unpaired) electrons. The van der Waals surface area contributed by atoms with Gasteiger partial charge in [0.25, 0.3) is 11.8 Å². The van der Waals surface area contributed by atoms with Gasteiger partial charge in [-0.05, 0) is 37.1 Å². The van der Waals surface area contributed by atoms with Gasteiger partial charge in [-0.1, -0.05) is 5.16 Å². The van der Waals surface area contributed by atoms with Crippen LogP contribution in [0.3, 0.4) is 0 Å². The molecule has 5 rings (SSSR count). The molecule has 0 bridgehead atoms. The molecule has 1 N–H and O–H groups in total. The molecular formula is C18H15N3O5S. The molecule has 0 spiro atoms. The maximum atomic E-state index is 12.8. The zero-order valence-electron chi connectivity index (χ0n) is 14.4. The van der Waals surface area contributed by atoms with Crippen LogP contribution in [-0.4, -0.2) is 29.4 Å². The van der Waals surface area contributed by atoms with E-state index < -0.39 is 0 Å². The van der Waals surface area contributed by atoms with E-state index in [0.29, 0.717) is 47.0 Å². The van der Waals surface area contributed by atoms with E-state index in [1.165, 1.54) is 11.3 Å². The normalized spacial score (nSPS) is 14.9. The summed E-state index contributed by atoms with van der Waals surface area (Å²) in [6, 6.07) is 5.10. The van der Waals surface area contributed by atoms with Crippen LogP contribution in [0.4, 0.5) is 5.00 Å². The summed E-state index contributed by atoms with van der Waals surface area (Å²) in [5.74, 6) is 1.91. The predicted octanol–water partition coefficient (Wildman–Crippen LogP) is 3.16. The number of aryl methyl sites for hydroxylation is 1. The average Bonchev–Trinajstić information content (AvgIpc) is 3.38. The summed E-state index contributed by atoms with van der Waals surface area (Å²) in [4.78, 5) is 18.2. The van der Waals surface area contributed by atoms with Crippen molar-refractivity contribution in [2.45, 2.75) is 20.0 Å². The van der Waals surface area contributed by atoms with Crippen molar-refractivity contribution in [2.75, 3.05) is 18.7 Å². The minimum atomic E-state index is -0.245. The molecule has 1 aromatic carbocycles. The van der Waals surface area contributed by atoms with Gasteiger partial charge in [0.2, 0.25) is 6.79 Å². The Kier molecular flexibility index (Phi) is 3.83. The number of aromatic nitrogens is 2. The topological polar surface area (TPSA) is 95.7 Å². The predicted molar refractivity (Wildman–Crippen MR) is 96.2 cm³/mol. The lowest BCUT2D eigenvalue weighted by molar-refractivity contribution is 0.102. The fourth-order valence-corrected chi connectivity index (χ4v) is 4.33. The smallest absolute Gasteiger partial charge is 0.261 e. The minimum absolute atomic E-state index is 0.165. The second-order valence-corrected chi connectivity index (χ2v) is 7.28. The van der Waals surface area contributed by atoms with Crippen molar-refractivity contribution in [2.24, 2.45) is 0 Å². The van der Waals surface area contributed by atoms with Crippen LogP contribution in [-0.2, 0) is 17.8 Å². The van der Waals surface area contributed by atoms with Gasteiger partial charge in [-0.3, -0.25) is 4.79 Å². The summed E-state index contributed by atoms with van der Waals surface area (Å²) >= 11 is 1.47. The summed E-state index contributed by atoms with van der Waals surface area (Å²) in [5, 5.41) is 7.54. The number of nitrogens with one attached hydrogen (secondary N) is 1. The average molecular weight is 385 g/mol. The van der Waals surface area contributed by atoms with Crippen LogP contribution in [0.2, 0.25) is 0 Å². The number of rotatable bonds is 3. The molecule has 0 atom stereocenters. The van der Waals surface area contributed by atoms with Crippen LogP contribution in [0.15, 0.2) is 22.7 Å². The third-order valence-electron chi connectivity index (χ3n) is 4.42. The number of fused-ring (bicyclic) bond motifs is 2. The lowest BCUT2D eigenvalue weighted by Crippen LogP contribution is -2.12. The Morgan fingerprint density at radius 1 is 1.26 bits per heavy atom. The Morgan fingerprint density at radius 3 is 3.00 bits per heavy atom. The quantitative estimate of drug-likeness (QED) is 0.740. The van der Waals surface area contributed by atoms with E-state index in [2.05, 4.69) is 15.5 Å². The molecular weight excluding hydrogens is 370 g/mol. The number of amides is 1. The van der Waals surface area contributed by atoms with Gasteiger partial charge in [0.05, 0.1) is 18.8 Å². The Balaban J connectivity index is 1.51. The maximum Gasteiger partial charge on any atom is 0.261 e. The molecule has 0 saturated carbocycles. The molecule has 9 heteroatoms. The number of nitrogens with zero attached hydrogens (tertiary/aromatic N) is 2. The van der Waals surface area contributed by atoms with Gasteiger partial charge in [-0.25, -0.2) is 0 Å². The van der Waals surface area contributed by atoms with Crippen molar-refractivity contribution >= 4 is 22.2 Å². The van der Waals surface area contributed by atoms with E-state index in [1.807, 2.05) is 0 Å². The zero-order valence-corrected chi connectivity index (χ0v) is 15.2. The Bertz CT molecular complexity index is 1040. The fraction of sp³-hybridized carbons (Fsp3) is 0.278. The van der Waals surface area contributed by atoms with Crippen LogP contribution >= 0.6 is 11.3 Å². The van der Waals surface area contributed by atoms with Crippen LogP contribution in [0.25, 0.3) is 11.5 Å². The van der Waals surface area contributed by atoms with Crippen molar-refractivity contribution < 1.29 is 23.5 Å². The van der Waals surface area contributed by atoms with Gasteiger partial charge >= 0.3 is 0 Å². The highest BCUT2D eigenvalue weighted by atomic mass is 32.1. The first-order valence-electron chi connectivity index (χ1n) is 8.43. The lowest BCUT2D eigenvalue weighted by atomic mass is 10.1. The molecule has 1 amide bonds. The molecule has 27 heavy (non-hydrogen) atoms. The SMILES string of the molecule is Cc1noc(-c2c(NC(=O)c3ccc4c(c3)OCO4)sc3c2CCOC3)n1. The van der Waals surface area contributed by atoms with Crippen LogP contribution < -0.4 is 14.8 Å². The summed E-state index contributed by atoms with van der Waals surface area (Å²) in [6.45, 7) is 3.07. The summed E-state index contributed by atoms with van der Waals surface area (Å²) in [7, 11) is 0. The Labute approximate surface area is 158 Å². The van der Waals surface area contributed by atoms with Gasteiger partial charge in [-0.2, -0.15) is 4.98 Å². The first kappa shape index (κ1) is 16.3. The van der Waals surface area contributed by atoms with Crippen molar-refractivity contribution in [3.8, 4) is 23.0 Å².